The van der Waals surface area contributed by atoms with Gasteiger partial charge in [0.15, 0.2) is 0 Å². The minimum atomic E-state index is -4.98. The lowest BCUT2D eigenvalue weighted by Gasteiger charge is -2.46. The third-order valence-corrected chi connectivity index (χ3v) is 12.0. The minimum Gasteiger partial charge on any atom is -0.335 e. The highest BCUT2D eigenvalue weighted by Gasteiger charge is 2.45. The van der Waals surface area contributed by atoms with Gasteiger partial charge in [0.05, 0.1) is 5.54 Å². The molecule has 400 valence electrons. The van der Waals surface area contributed by atoms with Gasteiger partial charge in [-0.25, -0.2) is 0 Å². The molecule has 0 unspecified atom stereocenters. The Balaban J connectivity index is 0.000000549. The highest BCUT2D eigenvalue weighted by molar-refractivity contribution is 5.84. The first-order chi connectivity index (χ1) is 33.9. The second-order valence-corrected chi connectivity index (χ2v) is 18.0. The zero-order chi connectivity index (χ0) is 53.8. The summed E-state index contributed by atoms with van der Waals surface area (Å²) in [5.74, 6) is -5.49. The molecular weight excluding hydrogens is 958 g/mol. The van der Waals surface area contributed by atoms with Crippen molar-refractivity contribution in [2.24, 2.45) is 0 Å². The van der Waals surface area contributed by atoms with Gasteiger partial charge < -0.3 is 24.2 Å². The number of rotatable bonds is 32. The molecule has 0 saturated carbocycles. The summed E-state index contributed by atoms with van der Waals surface area (Å²) in [6.45, 7) is 5.10. The van der Waals surface area contributed by atoms with Crippen LogP contribution >= 0.6 is 0 Å². The van der Waals surface area contributed by atoms with Crippen LogP contribution in [0, 0.1) is 0 Å². The van der Waals surface area contributed by atoms with Crippen molar-refractivity contribution < 1.29 is 68.3 Å². The predicted octanol–water partition coefficient (Wildman–Crippen LogP) is 12.6. The summed E-state index contributed by atoms with van der Waals surface area (Å²) in [5.41, 5.74) is 2.25. The van der Waals surface area contributed by atoms with Crippen molar-refractivity contribution in [3.05, 3.63) is 108 Å². The lowest BCUT2D eigenvalue weighted by atomic mass is 9.75. The summed E-state index contributed by atoms with van der Waals surface area (Å²) in [4.78, 5) is 72.4. The molecule has 0 radical (unpaired) electrons. The molecule has 0 bridgehead atoms. The maximum absolute atomic E-state index is 13.6. The number of Topliss-reactive ketones (excluding diaryl/α,β-unsaturated/α-hetero) is 4. The lowest BCUT2D eigenvalue weighted by molar-refractivity contribution is -0.185. The molecule has 2 amide bonds. The number of ketones is 4. The van der Waals surface area contributed by atoms with Gasteiger partial charge in [0, 0.05) is 58.4 Å². The summed E-state index contributed by atoms with van der Waals surface area (Å²) in [6, 6.07) is 30.1. The number of alkyl halides is 9. The molecule has 0 aliphatic rings. The number of carbonyl (C=O) groups is 6. The van der Waals surface area contributed by atoms with Crippen LogP contribution in [-0.4, -0.2) is 107 Å². The number of carbonyl (C=O) groups excluding carboxylic acids is 6. The molecule has 9 nitrogen and oxygen atoms in total. The molecule has 0 spiro atoms. The Bertz CT molecular complexity index is 1990. The summed E-state index contributed by atoms with van der Waals surface area (Å²) in [7, 11) is 0. The first-order valence-electron chi connectivity index (χ1n) is 24.6. The van der Waals surface area contributed by atoms with E-state index in [1.165, 1.54) is 13.8 Å². The van der Waals surface area contributed by atoms with Crippen LogP contribution in [-0.2, 0) is 34.3 Å². The monoisotopic (exact) mass is 1030 g/mol. The Morgan fingerprint density at radius 3 is 0.958 bits per heavy atom. The Morgan fingerprint density at radius 1 is 0.347 bits per heavy atom. The molecule has 0 aliphatic carbocycles. The van der Waals surface area contributed by atoms with Crippen LogP contribution in [0.15, 0.2) is 91.0 Å². The maximum atomic E-state index is 13.6. The normalized spacial score (nSPS) is 12.0. The third-order valence-electron chi connectivity index (χ3n) is 12.0. The molecular formula is C54H70F9N3O6. The fourth-order valence-electron chi connectivity index (χ4n) is 8.44. The summed E-state index contributed by atoms with van der Waals surface area (Å²) in [6.07, 6.45) is -8.57. The number of hydrogen-bond donors (Lipinski definition) is 0. The first kappa shape index (κ1) is 62.7. The van der Waals surface area contributed by atoms with E-state index in [1.54, 1.807) is 6.92 Å². The molecule has 3 rings (SSSR count). The van der Waals surface area contributed by atoms with Crippen molar-refractivity contribution in [3.63, 3.8) is 0 Å². The Labute approximate surface area is 417 Å². The zero-order valence-corrected chi connectivity index (χ0v) is 41.6. The van der Waals surface area contributed by atoms with Crippen LogP contribution in [0.1, 0.15) is 147 Å². The van der Waals surface area contributed by atoms with Gasteiger partial charge in [0.1, 0.15) is 17.3 Å². The Hall–Kier alpha value is -5.39. The molecule has 0 heterocycles. The zero-order valence-electron chi connectivity index (χ0n) is 41.6. The highest BCUT2D eigenvalue weighted by atomic mass is 19.4. The molecule has 3 aromatic carbocycles. The van der Waals surface area contributed by atoms with Gasteiger partial charge in [-0.05, 0) is 102 Å². The van der Waals surface area contributed by atoms with Crippen LogP contribution in [0.25, 0.3) is 0 Å². The van der Waals surface area contributed by atoms with Gasteiger partial charge in [0.25, 0.3) is 0 Å². The van der Waals surface area contributed by atoms with Crippen molar-refractivity contribution in [1.29, 1.82) is 0 Å². The average molecular weight is 1030 g/mol. The minimum absolute atomic E-state index is 0.0295. The van der Waals surface area contributed by atoms with Crippen LogP contribution in [0.3, 0.4) is 0 Å². The fraction of sp³-hybridized carbons (Fsp3) is 0.556. The molecule has 0 aromatic heterocycles. The van der Waals surface area contributed by atoms with E-state index >= 15 is 0 Å². The first-order valence-corrected chi connectivity index (χ1v) is 24.6. The standard InChI is InChI=1S/C36H43F3N2O3.C18H27F6NO3/c1-29(42)17-12-14-25-40(34(44)36(37,38)39)26-16-28-41(27-15-13-18-30(2)43)35(31-19-6-3-7-20-31,32-21-8-4-9-22-32)33-23-10-5-11-24-33;1-14(26)10-7-9-13-25(16(28)18(22,23)24)12-8-5-3-2-4-6-11-15(27)17(19,20)21/h3-11,19-24H,12-18,25-28H2,1-2H3;2-13H2,1H3. The predicted molar refractivity (Wildman–Crippen MR) is 258 cm³/mol. The van der Waals surface area contributed by atoms with E-state index in [4.69, 9.17) is 0 Å². The molecule has 72 heavy (non-hydrogen) atoms. The van der Waals surface area contributed by atoms with Gasteiger partial charge in [-0.3, -0.25) is 19.3 Å². The topological polar surface area (TPSA) is 112 Å². The van der Waals surface area contributed by atoms with E-state index in [0.29, 0.717) is 96.6 Å². The number of amides is 2. The van der Waals surface area contributed by atoms with E-state index in [0.717, 1.165) is 26.5 Å². The molecule has 0 atom stereocenters. The number of hydrogen-bond acceptors (Lipinski definition) is 7. The summed E-state index contributed by atoms with van der Waals surface area (Å²) >= 11 is 0. The summed E-state index contributed by atoms with van der Waals surface area (Å²) < 4.78 is 115. The Kier molecular flexibility index (Phi) is 27.8. The quantitative estimate of drug-likeness (QED) is 0.0348. The van der Waals surface area contributed by atoms with Gasteiger partial charge in [-0.15, -0.1) is 0 Å². The van der Waals surface area contributed by atoms with Crippen LogP contribution < -0.4 is 0 Å². The van der Waals surface area contributed by atoms with Gasteiger partial charge in [-0.1, -0.05) is 117 Å². The smallest absolute Gasteiger partial charge is 0.335 e. The van der Waals surface area contributed by atoms with Gasteiger partial charge in [-0.2, -0.15) is 39.5 Å². The van der Waals surface area contributed by atoms with Crippen molar-refractivity contribution in [3.8, 4) is 0 Å². The second-order valence-electron chi connectivity index (χ2n) is 18.0. The largest absolute Gasteiger partial charge is 0.471 e. The van der Waals surface area contributed by atoms with Crippen molar-refractivity contribution >= 4 is 34.9 Å². The molecule has 0 N–H and O–H groups in total. The molecule has 18 heteroatoms. The number of benzene rings is 3. The highest BCUT2D eigenvalue weighted by Crippen LogP contribution is 2.43. The Morgan fingerprint density at radius 2 is 0.625 bits per heavy atom. The van der Waals surface area contributed by atoms with Gasteiger partial charge in [0.2, 0.25) is 5.78 Å². The number of nitrogens with zero attached hydrogens (tertiary/aromatic N) is 3. The third kappa shape index (κ3) is 23.0. The molecule has 0 fully saturated rings. The number of unbranched alkanes of at least 4 members (excludes halogenated alkanes) is 8. The molecule has 3 aromatic rings. The summed E-state index contributed by atoms with van der Waals surface area (Å²) in [5, 5.41) is 0. The van der Waals surface area contributed by atoms with E-state index in [1.807, 2.05) is 54.6 Å². The van der Waals surface area contributed by atoms with Crippen molar-refractivity contribution in [1.82, 2.24) is 14.7 Å². The van der Waals surface area contributed by atoms with E-state index in [-0.39, 0.29) is 62.8 Å². The molecule has 0 saturated heterocycles. The van der Waals surface area contributed by atoms with Crippen LogP contribution in [0.4, 0.5) is 39.5 Å². The van der Waals surface area contributed by atoms with Gasteiger partial charge >= 0.3 is 30.3 Å². The van der Waals surface area contributed by atoms with E-state index in [2.05, 4.69) is 41.3 Å². The van der Waals surface area contributed by atoms with Crippen LogP contribution in [0.2, 0.25) is 0 Å². The fourth-order valence-corrected chi connectivity index (χ4v) is 8.44. The van der Waals surface area contributed by atoms with E-state index in [9.17, 15) is 68.3 Å². The van der Waals surface area contributed by atoms with E-state index < -0.39 is 48.1 Å². The lowest BCUT2D eigenvalue weighted by Crippen LogP contribution is -2.50. The molecule has 0 aliphatic heterocycles. The average Bonchev–Trinajstić information content (AvgIpc) is 3.32. The number of halogens is 9. The van der Waals surface area contributed by atoms with Crippen molar-refractivity contribution in [2.75, 3.05) is 39.3 Å². The SMILES string of the molecule is CC(=O)CCCCN(CCCCCCCCC(=O)C(F)(F)F)C(=O)C(F)(F)F.CC(=O)CCCCN(CCCN(CCCCC(C)=O)C(c1ccccc1)(c1ccccc1)c1ccccc1)C(=O)C(F)(F)F. The maximum Gasteiger partial charge on any atom is 0.471 e. The second kappa shape index (κ2) is 31.9. The van der Waals surface area contributed by atoms with Crippen molar-refractivity contribution in [2.45, 2.75) is 154 Å². The van der Waals surface area contributed by atoms with Crippen LogP contribution in [0.5, 0.6) is 0 Å².